The zero-order valence-corrected chi connectivity index (χ0v) is 13.8. The lowest BCUT2D eigenvalue weighted by molar-refractivity contribution is -0.111. The number of benzene rings is 1. The third-order valence-corrected chi connectivity index (χ3v) is 3.19. The molecule has 0 aliphatic carbocycles. The highest BCUT2D eigenvalue weighted by Crippen LogP contribution is 2.15. The Morgan fingerprint density at radius 2 is 1.88 bits per heavy atom. The van der Waals surface area contributed by atoms with Crippen LogP contribution in [0.25, 0.3) is 6.08 Å². The van der Waals surface area contributed by atoms with E-state index >= 15 is 0 Å². The van der Waals surface area contributed by atoms with Crippen molar-refractivity contribution in [2.75, 3.05) is 11.9 Å². The van der Waals surface area contributed by atoms with Crippen LogP contribution in [0.2, 0.25) is 0 Å². The Labute approximate surface area is 141 Å². The molecule has 2 amide bonds. The third kappa shape index (κ3) is 5.35. The third-order valence-electron chi connectivity index (χ3n) is 3.19. The summed E-state index contributed by atoms with van der Waals surface area (Å²) in [6.45, 7) is 4.63. The molecule has 0 spiro atoms. The maximum Gasteiger partial charge on any atom is 0.253 e. The highest BCUT2D eigenvalue weighted by atomic mass is 16.2. The van der Waals surface area contributed by atoms with Crippen LogP contribution in [0.5, 0.6) is 0 Å². The first kappa shape index (κ1) is 17.4. The smallest absolute Gasteiger partial charge is 0.253 e. The van der Waals surface area contributed by atoms with Crippen molar-refractivity contribution in [2.45, 2.75) is 13.8 Å². The predicted octanol–water partition coefficient (Wildman–Crippen LogP) is 3.12. The quantitative estimate of drug-likeness (QED) is 0.802. The van der Waals surface area contributed by atoms with Crippen molar-refractivity contribution in [3.63, 3.8) is 0 Å². The van der Waals surface area contributed by atoms with Crippen LogP contribution in [0, 0.1) is 5.92 Å². The van der Waals surface area contributed by atoms with Crippen LogP contribution in [-0.2, 0) is 4.79 Å². The van der Waals surface area contributed by atoms with Crippen molar-refractivity contribution < 1.29 is 9.59 Å². The van der Waals surface area contributed by atoms with E-state index in [1.165, 1.54) is 6.08 Å². The van der Waals surface area contributed by atoms with Crippen LogP contribution in [0.4, 0.5) is 5.69 Å². The van der Waals surface area contributed by atoms with Gasteiger partial charge in [-0.15, -0.1) is 0 Å². The molecule has 24 heavy (non-hydrogen) atoms. The van der Waals surface area contributed by atoms with Crippen LogP contribution < -0.4 is 10.6 Å². The Kier molecular flexibility index (Phi) is 6.25. The Balaban J connectivity index is 2.05. The normalized spacial score (nSPS) is 10.8. The number of carbonyl (C=O) groups is 2. The SMILES string of the molecule is CC(C)CNC(=O)c1ccccc1NC(=O)/C=C/c1ccccn1. The number of pyridine rings is 1. The van der Waals surface area contributed by atoms with Gasteiger partial charge < -0.3 is 10.6 Å². The van der Waals surface area contributed by atoms with Gasteiger partial charge in [0.1, 0.15) is 0 Å². The summed E-state index contributed by atoms with van der Waals surface area (Å²) >= 11 is 0. The fourth-order valence-corrected chi connectivity index (χ4v) is 1.99. The second-order valence-corrected chi connectivity index (χ2v) is 5.73. The summed E-state index contributed by atoms with van der Waals surface area (Å²) in [5.74, 6) is -0.157. The number of nitrogens with zero attached hydrogens (tertiary/aromatic N) is 1. The fraction of sp³-hybridized carbons (Fsp3) is 0.211. The highest BCUT2D eigenvalue weighted by Gasteiger charge is 2.12. The monoisotopic (exact) mass is 323 g/mol. The molecular weight excluding hydrogens is 302 g/mol. The summed E-state index contributed by atoms with van der Waals surface area (Å²) in [6.07, 6.45) is 4.67. The first-order valence-electron chi connectivity index (χ1n) is 7.83. The van der Waals surface area contributed by atoms with Gasteiger partial charge in [0.05, 0.1) is 16.9 Å². The van der Waals surface area contributed by atoms with Gasteiger partial charge in [0.15, 0.2) is 0 Å². The van der Waals surface area contributed by atoms with Crippen molar-refractivity contribution >= 4 is 23.6 Å². The molecule has 0 saturated heterocycles. The topological polar surface area (TPSA) is 71.1 Å². The van der Waals surface area contributed by atoms with Crippen LogP contribution >= 0.6 is 0 Å². The van der Waals surface area contributed by atoms with Crippen molar-refractivity contribution in [3.05, 3.63) is 66.0 Å². The van der Waals surface area contributed by atoms with Crippen molar-refractivity contribution in [2.24, 2.45) is 5.92 Å². The minimum absolute atomic E-state index is 0.201. The van der Waals surface area contributed by atoms with E-state index in [9.17, 15) is 9.59 Å². The number of hydrogen-bond acceptors (Lipinski definition) is 3. The number of hydrogen-bond donors (Lipinski definition) is 2. The predicted molar refractivity (Wildman–Crippen MR) is 95.5 cm³/mol. The van der Waals surface area contributed by atoms with E-state index in [2.05, 4.69) is 15.6 Å². The largest absolute Gasteiger partial charge is 0.352 e. The maximum absolute atomic E-state index is 12.2. The summed E-state index contributed by atoms with van der Waals surface area (Å²) < 4.78 is 0. The molecule has 0 atom stereocenters. The van der Waals surface area contributed by atoms with E-state index in [1.807, 2.05) is 26.0 Å². The summed E-state index contributed by atoms with van der Waals surface area (Å²) in [5.41, 5.74) is 1.61. The van der Waals surface area contributed by atoms with Crippen molar-refractivity contribution in [1.29, 1.82) is 0 Å². The molecular formula is C19H21N3O2. The minimum Gasteiger partial charge on any atom is -0.352 e. The molecule has 0 radical (unpaired) electrons. The fourth-order valence-electron chi connectivity index (χ4n) is 1.99. The molecule has 0 aliphatic rings. The van der Waals surface area contributed by atoms with Crippen LogP contribution in [0.1, 0.15) is 29.9 Å². The number of para-hydroxylation sites is 1. The Bertz CT molecular complexity index is 724. The average Bonchev–Trinajstić information content (AvgIpc) is 2.59. The molecule has 0 saturated carbocycles. The van der Waals surface area contributed by atoms with Gasteiger partial charge >= 0.3 is 0 Å². The van der Waals surface area contributed by atoms with Gasteiger partial charge in [-0.25, -0.2) is 0 Å². The summed E-state index contributed by atoms with van der Waals surface area (Å²) in [5, 5.41) is 5.59. The molecule has 2 N–H and O–H groups in total. The summed E-state index contributed by atoms with van der Waals surface area (Å²) in [4.78, 5) is 28.4. The molecule has 0 bridgehead atoms. The van der Waals surface area contributed by atoms with E-state index in [0.717, 1.165) is 0 Å². The molecule has 2 rings (SSSR count). The lowest BCUT2D eigenvalue weighted by Crippen LogP contribution is -2.28. The van der Waals surface area contributed by atoms with Crippen molar-refractivity contribution in [3.8, 4) is 0 Å². The van der Waals surface area contributed by atoms with Crippen LogP contribution in [-0.4, -0.2) is 23.3 Å². The Morgan fingerprint density at radius 1 is 1.12 bits per heavy atom. The average molecular weight is 323 g/mol. The zero-order valence-electron chi connectivity index (χ0n) is 13.8. The first-order valence-corrected chi connectivity index (χ1v) is 7.83. The van der Waals surface area contributed by atoms with E-state index in [1.54, 1.807) is 42.6 Å². The second-order valence-electron chi connectivity index (χ2n) is 5.73. The van der Waals surface area contributed by atoms with Gasteiger partial charge in [0.2, 0.25) is 5.91 Å². The number of rotatable bonds is 6. The van der Waals surface area contributed by atoms with E-state index in [0.29, 0.717) is 29.4 Å². The molecule has 1 aromatic heterocycles. The first-order chi connectivity index (χ1) is 11.6. The second kappa shape index (κ2) is 8.62. The Morgan fingerprint density at radius 3 is 2.58 bits per heavy atom. The van der Waals surface area contributed by atoms with Gasteiger partial charge in [-0.05, 0) is 36.3 Å². The lowest BCUT2D eigenvalue weighted by atomic mass is 10.1. The van der Waals surface area contributed by atoms with Gasteiger partial charge in [-0.3, -0.25) is 14.6 Å². The molecule has 2 aromatic rings. The van der Waals surface area contributed by atoms with E-state index in [4.69, 9.17) is 0 Å². The Hall–Kier alpha value is -2.95. The van der Waals surface area contributed by atoms with E-state index < -0.39 is 0 Å². The standard InChI is InChI=1S/C19H21N3O2/c1-14(2)13-21-19(24)16-8-3-4-9-17(16)22-18(23)11-10-15-7-5-6-12-20-15/h3-12,14H,13H2,1-2H3,(H,21,24)(H,22,23)/b11-10+. The van der Waals surface area contributed by atoms with Crippen LogP contribution in [0.15, 0.2) is 54.7 Å². The maximum atomic E-state index is 12.2. The van der Waals surface area contributed by atoms with E-state index in [-0.39, 0.29) is 11.8 Å². The summed E-state index contributed by atoms with van der Waals surface area (Å²) in [6, 6.07) is 12.4. The highest BCUT2D eigenvalue weighted by molar-refractivity contribution is 6.07. The molecule has 0 aliphatic heterocycles. The molecule has 0 fully saturated rings. The number of anilines is 1. The molecule has 1 aromatic carbocycles. The number of carbonyl (C=O) groups excluding carboxylic acids is 2. The summed E-state index contributed by atoms with van der Waals surface area (Å²) in [7, 11) is 0. The zero-order chi connectivity index (χ0) is 17.4. The number of aromatic nitrogens is 1. The molecule has 5 heteroatoms. The van der Waals surface area contributed by atoms with Gasteiger partial charge in [-0.2, -0.15) is 0 Å². The minimum atomic E-state index is -0.315. The van der Waals surface area contributed by atoms with Crippen molar-refractivity contribution in [1.82, 2.24) is 10.3 Å². The lowest BCUT2D eigenvalue weighted by Gasteiger charge is -2.11. The van der Waals surface area contributed by atoms with Gasteiger partial charge in [0.25, 0.3) is 5.91 Å². The number of amides is 2. The van der Waals surface area contributed by atoms with Crippen LogP contribution in [0.3, 0.4) is 0 Å². The molecule has 0 unspecified atom stereocenters. The molecule has 5 nitrogen and oxygen atoms in total. The van der Waals surface area contributed by atoms with Gasteiger partial charge in [-0.1, -0.05) is 32.0 Å². The molecule has 1 heterocycles. The van der Waals surface area contributed by atoms with Gasteiger partial charge in [0, 0.05) is 18.8 Å². The molecule has 124 valence electrons. The number of nitrogens with one attached hydrogen (secondary N) is 2.